The van der Waals surface area contributed by atoms with Gasteiger partial charge in [-0.05, 0) is 38.1 Å². The Labute approximate surface area is 156 Å². The van der Waals surface area contributed by atoms with Crippen molar-refractivity contribution in [1.29, 1.82) is 0 Å². The predicted octanol–water partition coefficient (Wildman–Crippen LogP) is 3.15. The zero-order valence-corrected chi connectivity index (χ0v) is 15.7. The van der Waals surface area contributed by atoms with Crippen LogP contribution in [0, 0.1) is 0 Å². The minimum absolute atomic E-state index is 0.106. The second-order valence-electron chi connectivity index (χ2n) is 7.16. The third-order valence-electron chi connectivity index (χ3n) is 5.37. The largest absolute Gasteiger partial charge is 0.381 e. The van der Waals surface area contributed by atoms with Gasteiger partial charge in [0.05, 0.1) is 11.5 Å². The second-order valence-corrected chi connectivity index (χ2v) is 7.16. The molecule has 0 radical (unpaired) electrons. The monoisotopic (exact) mass is 352 g/mol. The van der Waals surface area contributed by atoms with Crippen molar-refractivity contribution >= 4 is 5.91 Å². The molecule has 1 aliphatic rings. The summed E-state index contributed by atoms with van der Waals surface area (Å²) in [5.74, 6) is 0.106. The van der Waals surface area contributed by atoms with E-state index in [0.717, 1.165) is 18.4 Å². The number of hydrogen-bond donors (Lipinski definition) is 1. The van der Waals surface area contributed by atoms with Crippen molar-refractivity contribution in [2.45, 2.75) is 24.3 Å². The van der Waals surface area contributed by atoms with Crippen LogP contribution in [0.4, 0.5) is 0 Å². The van der Waals surface area contributed by atoms with E-state index >= 15 is 0 Å². The van der Waals surface area contributed by atoms with E-state index in [1.807, 2.05) is 50.5 Å². The quantitative estimate of drug-likeness (QED) is 0.868. The maximum Gasteiger partial charge on any atom is 0.230 e. The third kappa shape index (κ3) is 3.97. The Morgan fingerprint density at radius 3 is 2.19 bits per heavy atom. The highest BCUT2D eigenvalue weighted by Gasteiger charge is 2.41. The van der Waals surface area contributed by atoms with Gasteiger partial charge in [0, 0.05) is 19.8 Å². The summed E-state index contributed by atoms with van der Waals surface area (Å²) in [5, 5.41) is 3.24. The Kier molecular flexibility index (Phi) is 6.07. The summed E-state index contributed by atoms with van der Waals surface area (Å²) in [6, 6.07) is 20.6. The van der Waals surface area contributed by atoms with Gasteiger partial charge in [0.15, 0.2) is 0 Å². The highest BCUT2D eigenvalue weighted by molar-refractivity contribution is 5.88. The van der Waals surface area contributed by atoms with E-state index in [1.165, 1.54) is 5.56 Å². The summed E-state index contributed by atoms with van der Waals surface area (Å²) in [7, 11) is 4.09. The van der Waals surface area contributed by atoms with Crippen LogP contribution in [0.3, 0.4) is 0 Å². The van der Waals surface area contributed by atoms with Crippen molar-refractivity contribution in [3.05, 3.63) is 71.8 Å². The molecule has 0 bridgehead atoms. The standard InChI is InChI=1S/C22H28N2O2/c1-24(2)20(18-9-5-3-6-10-18)17-23-21(25)22(13-15-26-16-14-22)19-11-7-4-8-12-19/h3-12,20H,13-17H2,1-2H3,(H,23,25)/t20-/m1/s1. The van der Waals surface area contributed by atoms with Crippen LogP contribution in [0.15, 0.2) is 60.7 Å². The van der Waals surface area contributed by atoms with Gasteiger partial charge in [0.2, 0.25) is 5.91 Å². The lowest BCUT2D eigenvalue weighted by molar-refractivity contribution is -0.130. The molecule has 0 unspecified atom stereocenters. The van der Waals surface area contributed by atoms with E-state index in [9.17, 15) is 4.79 Å². The van der Waals surface area contributed by atoms with Crippen LogP contribution >= 0.6 is 0 Å². The molecule has 0 aliphatic carbocycles. The molecule has 0 spiro atoms. The third-order valence-corrected chi connectivity index (χ3v) is 5.37. The molecule has 138 valence electrons. The maximum absolute atomic E-state index is 13.3. The molecule has 4 nitrogen and oxygen atoms in total. The average molecular weight is 352 g/mol. The number of likely N-dealkylation sites (N-methyl/N-ethyl adjacent to an activating group) is 1. The van der Waals surface area contributed by atoms with Crippen LogP contribution in [0.25, 0.3) is 0 Å². The molecule has 0 aromatic heterocycles. The number of carbonyl (C=O) groups excluding carboxylic acids is 1. The molecule has 1 fully saturated rings. The van der Waals surface area contributed by atoms with Crippen molar-refractivity contribution in [3.8, 4) is 0 Å². The van der Waals surface area contributed by atoms with Crippen LogP contribution in [0.5, 0.6) is 0 Å². The zero-order chi connectivity index (χ0) is 18.4. The highest BCUT2D eigenvalue weighted by Crippen LogP contribution is 2.35. The molecule has 3 rings (SSSR count). The first-order chi connectivity index (χ1) is 12.6. The molecule has 1 heterocycles. The number of ether oxygens (including phenoxy) is 1. The smallest absolute Gasteiger partial charge is 0.230 e. The molecule has 1 amide bonds. The number of benzene rings is 2. The lowest BCUT2D eigenvalue weighted by Crippen LogP contribution is -2.49. The Bertz CT molecular complexity index is 695. The summed E-state index contributed by atoms with van der Waals surface area (Å²) < 4.78 is 5.54. The summed E-state index contributed by atoms with van der Waals surface area (Å²) in [6.07, 6.45) is 1.45. The van der Waals surface area contributed by atoms with Crippen LogP contribution in [-0.4, -0.2) is 44.7 Å². The van der Waals surface area contributed by atoms with Gasteiger partial charge in [-0.1, -0.05) is 60.7 Å². The molecule has 1 aliphatic heterocycles. The van der Waals surface area contributed by atoms with E-state index in [-0.39, 0.29) is 11.9 Å². The van der Waals surface area contributed by atoms with E-state index in [2.05, 4.69) is 34.5 Å². The van der Waals surface area contributed by atoms with Gasteiger partial charge in [-0.2, -0.15) is 0 Å². The molecule has 2 aromatic carbocycles. The minimum atomic E-state index is -0.493. The van der Waals surface area contributed by atoms with Crippen molar-refractivity contribution < 1.29 is 9.53 Å². The molecular weight excluding hydrogens is 324 g/mol. The number of nitrogens with one attached hydrogen (secondary N) is 1. The SMILES string of the molecule is CN(C)[C@H](CNC(=O)C1(c2ccccc2)CCOCC1)c1ccccc1. The number of carbonyl (C=O) groups is 1. The number of nitrogens with zero attached hydrogens (tertiary/aromatic N) is 1. The fourth-order valence-electron chi connectivity index (χ4n) is 3.76. The Hall–Kier alpha value is -2.17. The van der Waals surface area contributed by atoms with Gasteiger partial charge in [-0.25, -0.2) is 0 Å². The molecule has 1 N–H and O–H groups in total. The molecule has 26 heavy (non-hydrogen) atoms. The molecule has 4 heteroatoms. The van der Waals surface area contributed by atoms with Crippen LogP contribution < -0.4 is 5.32 Å². The fourth-order valence-corrected chi connectivity index (χ4v) is 3.76. The predicted molar refractivity (Wildman–Crippen MR) is 104 cm³/mol. The summed E-state index contributed by atoms with van der Waals surface area (Å²) in [5.41, 5.74) is 1.80. The normalized spacial score (nSPS) is 17.7. The van der Waals surface area contributed by atoms with Crippen molar-refractivity contribution in [2.75, 3.05) is 33.9 Å². The summed E-state index contributed by atoms with van der Waals surface area (Å²) in [6.45, 7) is 1.83. The van der Waals surface area contributed by atoms with Crippen LogP contribution in [0.1, 0.15) is 30.0 Å². The van der Waals surface area contributed by atoms with E-state index in [4.69, 9.17) is 4.74 Å². The summed E-state index contributed by atoms with van der Waals surface area (Å²) >= 11 is 0. The average Bonchev–Trinajstić information content (AvgIpc) is 2.70. The summed E-state index contributed by atoms with van der Waals surface area (Å²) in [4.78, 5) is 15.4. The molecule has 2 aromatic rings. The molecular formula is C22H28N2O2. The Balaban J connectivity index is 1.78. The van der Waals surface area contributed by atoms with E-state index in [0.29, 0.717) is 19.8 Å². The molecule has 1 saturated heterocycles. The van der Waals surface area contributed by atoms with Gasteiger partial charge in [-0.3, -0.25) is 4.79 Å². The van der Waals surface area contributed by atoms with E-state index < -0.39 is 5.41 Å². The number of hydrogen-bond acceptors (Lipinski definition) is 3. The lowest BCUT2D eigenvalue weighted by Gasteiger charge is -2.37. The first kappa shape index (κ1) is 18.6. The highest BCUT2D eigenvalue weighted by atomic mass is 16.5. The second kappa shape index (κ2) is 8.47. The maximum atomic E-state index is 13.3. The van der Waals surface area contributed by atoms with Gasteiger partial charge < -0.3 is 15.0 Å². The van der Waals surface area contributed by atoms with Crippen LogP contribution in [0.2, 0.25) is 0 Å². The number of rotatable bonds is 6. The fraction of sp³-hybridized carbons (Fsp3) is 0.409. The lowest BCUT2D eigenvalue weighted by atomic mass is 9.73. The van der Waals surface area contributed by atoms with E-state index in [1.54, 1.807) is 0 Å². The Morgan fingerprint density at radius 1 is 1.04 bits per heavy atom. The topological polar surface area (TPSA) is 41.6 Å². The van der Waals surface area contributed by atoms with Gasteiger partial charge in [0.1, 0.15) is 0 Å². The van der Waals surface area contributed by atoms with Gasteiger partial charge >= 0.3 is 0 Å². The first-order valence-corrected chi connectivity index (χ1v) is 9.26. The van der Waals surface area contributed by atoms with Crippen LogP contribution in [-0.2, 0) is 14.9 Å². The molecule has 0 saturated carbocycles. The first-order valence-electron chi connectivity index (χ1n) is 9.26. The Morgan fingerprint density at radius 2 is 1.62 bits per heavy atom. The zero-order valence-electron chi connectivity index (χ0n) is 15.7. The van der Waals surface area contributed by atoms with Gasteiger partial charge in [-0.15, -0.1) is 0 Å². The molecule has 1 atom stereocenters. The van der Waals surface area contributed by atoms with Crippen molar-refractivity contribution in [3.63, 3.8) is 0 Å². The minimum Gasteiger partial charge on any atom is -0.381 e. The van der Waals surface area contributed by atoms with Crippen molar-refractivity contribution in [1.82, 2.24) is 10.2 Å². The van der Waals surface area contributed by atoms with Crippen molar-refractivity contribution in [2.24, 2.45) is 0 Å². The number of amides is 1. The van der Waals surface area contributed by atoms with Gasteiger partial charge in [0.25, 0.3) is 0 Å².